The summed E-state index contributed by atoms with van der Waals surface area (Å²) in [7, 11) is 0. The summed E-state index contributed by atoms with van der Waals surface area (Å²) in [6.45, 7) is 5.74. The van der Waals surface area contributed by atoms with Gasteiger partial charge in [0.25, 0.3) is 5.91 Å². The topological polar surface area (TPSA) is 83.3 Å². The highest BCUT2D eigenvalue weighted by atomic mass is 19.4. The first-order valence-electron chi connectivity index (χ1n) is 13.4. The minimum atomic E-state index is -4.64. The molecule has 10 heteroatoms. The van der Waals surface area contributed by atoms with Gasteiger partial charge in [-0.15, -0.1) is 0 Å². The molecule has 3 aromatic rings. The van der Waals surface area contributed by atoms with Crippen LogP contribution in [0.3, 0.4) is 0 Å². The molecule has 2 N–H and O–H groups in total. The van der Waals surface area contributed by atoms with E-state index in [0.717, 1.165) is 41.4 Å². The van der Waals surface area contributed by atoms with E-state index in [2.05, 4.69) is 29.0 Å². The van der Waals surface area contributed by atoms with Crippen LogP contribution in [0, 0.1) is 11.8 Å². The quantitative estimate of drug-likeness (QED) is 0.420. The van der Waals surface area contributed by atoms with E-state index < -0.39 is 17.8 Å². The number of halogens is 3. The van der Waals surface area contributed by atoms with Gasteiger partial charge in [-0.3, -0.25) is 9.48 Å². The van der Waals surface area contributed by atoms with E-state index in [9.17, 15) is 23.1 Å². The van der Waals surface area contributed by atoms with Crippen LogP contribution in [0.4, 0.5) is 24.5 Å². The fourth-order valence-corrected chi connectivity index (χ4v) is 5.67. The maximum absolute atomic E-state index is 13.2. The number of nitrogens with one attached hydrogen (secondary N) is 1. The van der Waals surface area contributed by atoms with E-state index in [1.54, 1.807) is 0 Å². The van der Waals surface area contributed by atoms with E-state index in [-0.39, 0.29) is 11.8 Å². The van der Waals surface area contributed by atoms with Gasteiger partial charge in [0.1, 0.15) is 11.4 Å². The van der Waals surface area contributed by atoms with E-state index in [0.29, 0.717) is 43.6 Å². The molecule has 0 unspecified atom stereocenters. The number of hydrogen-bond donors (Lipinski definition) is 2. The summed E-state index contributed by atoms with van der Waals surface area (Å²) in [6, 6.07) is 7.38. The fraction of sp³-hybridized carbons (Fsp3) is 0.536. The van der Waals surface area contributed by atoms with Crippen LogP contribution in [0.5, 0.6) is 0 Å². The molecule has 7 nitrogen and oxygen atoms in total. The molecule has 204 valence electrons. The molecular weight excluding hydrogens is 495 g/mol. The summed E-state index contributed by atoms with van der Waals surface area (Å²) in [5.74, 6) is 0.701. The molecule has 2 aromatic heterocycles. The second-order valence-electron chi connectivity index (χ2n) is 10.9. The number of benzene rings is 1. The number of anilines is 2. The number of rotatable bonds is 5. The van der Waals surface area contributed by atoms with Crippen molar-refractivity contribution in [3.63, 3.8) is 0 Å². The highest BCUT2D eigenvalue weighted by Crippen LogP contribution is 2.38. The molecule has 1 aromatic carbocycles. The van der Waals surface area contributed by atoms with Crippen molar-refractivity contribution in [2.75, 3.05) is 23.3 Å². The van der Waals surface area contributed by atoms with Crippen LogP contribution in [0.1, 0.15) is 74.6 Å². The molecule has 2 fully saturated rings. The molecule has 1 aliphatic heterocycles. The van der Waals surface area contributed by atoms with Crippen LogP contribution in [0.2, 0.25) is 0 Å². The highest BCUT2D eigenvalue weighted by molar-refractivity contribution is 6.06. The van der Waals surface area contributed by atoms with Crippen molar-refractivity contribution in [3.8, 4) is 0 Å². The second kappa shape index (κ2) is 10.6. The van der Waals surface area contributed by atoms with Crippen LogP contribution in [-0.4, -0.2) is 45.0 Å². The van der Waals surface area contributed by atoms with Crippen LogP contribution in [0.25, 0.3) is 10.9 Å². The van der Waals surface area contributed by atoms with Crippen LogP contribution >= 0.6 is 0 Å². The molecule has 0 bridgehead atoms. The van der Waals surface area contributed by atoms with E-state index in [1.165, 1.54) is 25.0 Å². The predicted octanol–water partition coefficient (Wildman–Crippen LogP) is 6.05. The number of nitrogens with zero attached hydrogens (tertiary/aromatic N) is 4. The van der Waals surface area contributed by atoms with E-state index in [1.807, 2.05) is 23.0 Å². The largest absolute Gasteiger partial charge is 0.433 e. The number of aromatic nitrogens is 3. The summed E-state index contributed by atoms with van der Waals surface area (Å²) in [5, 5.41) is 18.5. The van der Waals surface area contributed by atoms with Gasteiger partial charge in [-0.05, 0) is 74.6 Å². The molecule has 1 aliphatic carbocycles. The SMILES string of the molecule is CC(C)C1CCC(n2cc3cc(NC(=O)c4cccc(C(F)(F)F)n4)c(N4CCC(O)CC4)cc3n2)CC1. The Morgan fingerprint density at radius 2 is 1.79 bits per heavy atom. The summed E-state index contributed by atoms with van der Waals surface area (Å²) >= 11 is 0. The van der Waals surface area contributed by atoms with E-state index in [4.69, 9.17) is 5.10 Å². The zero-order valence-corrected chi connectivity index (χ0v) is 21.7. The summed E-state index contributed by atoms with van der Waals surface area (Å²) in [4.78, 5) is 18.6. The van der Waals surface area contributed by atoms with Crippen molar-refractivity contribution in [2.45, 2.75) is 70.7 Å². The van der Waals surface area contributed by atoms with Crippen LogP contribution in [0.15, 0.2) is 36.5 Å². The number of piperidine rings is 1. The second-order valence-corrected chi connectivity index (χ2v) is 10.9. The third-order valence-electron chi connectivity index (χ3n) is 8.02. The molecule has 0 atom stereocenters. The Hall–Kier alpha value is -3.14. The van der Waals surface area contributed by atoms with Gasteiger partial charge in [0.05, 0.1) is 29.0 Å². The van der Waals surface area contributed by atoms with Gasteiger partial charge in [-0.2, -0.15) is 18.3 Å². The predicted molar refractivity (Wildman–Crippen MR) is 140 cm³/mol. The van der Waals surface area contributed by atoms with Crippen molar-refractivity contribution in [3.05, 3.63) is 47.9 Å². The molecule has 3 heterocycles. The fourth-order valence-electron chi connectivity index (χ4n) is 5.67. The molecule has 5 rings (SSSR count). The Labute approximate surface area is 220 Å². The first-order chi connectivity index (χ1) is 18.1. The molecule has 1 amide bonds. The normalized spacial score (nSPS) is 21.3. The van der Waals surface area contributed by atoms with Gasteiger partial charge in [-0.1, -0.05) is 19.9 Å². The number of aliphatic hydroxyl groups excluding tert-OH is 1. The molecule has 1 saturated heterocycles. The number of carbonyl (C=O) groups is 1. The number of pyridine rings is 1. The third kappa shape index (κ3) is 5.65. The van der Waals surface area contributed by atoms with Crippen molar-refractivity contribution in [2.24, 2.45) is 11.8 Å². The number of alkyl halides is 3. The monoisotopic (exact) mass is 529 g/mol. The smallest absolute Gasteiger partial charge is 0.393 e. The summed E-state index contributed by atoms with van der Waals surface area (Å²) < 4.78 is 41.5. The average molecular weight is 530 g/mol. The lowest BCUT2D eigenvalue weighted by molar-refractivity contribution is -0.141. The maximum atomic E-state index is 13.2. The highest BCUT2D eigenvalue weighted by Gasteiger charge is 2.33. The standard InChI is InChI=1S/C28H34F3N5O2/c1-17(2)18-6-8-20(9-7-18)36-16-19-14-24(25(15-23(19)34-36)35-12-10-21(37)11-13-35)33-27(38)22-4-3-5-26(32-22)28(29,30)31/h3-5,14-18,20-21,37H,6-13H2,1-2H3,(H,33,38). The number of amides is 1. The Morgan fingerprint density at radius 1 is 1.08 bits per heavy atom. The lowest BCUT2D eigenvalue weighted by Gasteiger charge is -2.32. The zero-order valence-electron chi connectivity index (χ0n) is 21.7. The van der Waals surface area contributed by atoms with Gasteiger partial charge >= 0.3 is 6.18 Å². The van der Waals surface area contributed by atoms with E-state index >= 15 is 0 Å². The van der Waals surface area contributed by atoms with Crippen molar-refractivity contribution < 1.29 is 23.1 Å². The lowest BCUT2D eigenvalue weighted by atomic mass is 9.80. The van der Waals surface area contributed by atoms with Gasteiger partial charge in [-0.25, -0.2) is 4.98 Å². The molecular formula is C28H34F3N5O2. The first-order valence-corrected chi connectivity index (χ1v) is 13.4. The van der Waals surface area contributed by atoms with Crippen molar-refractivity contribution >= 4 is 28.2 Å². The Bertz CT molecular complexity index is 1290. The molecule has 38 heavy (non-hydrogen) atoms. The number of carbonyl (C=O) groups excluding carboxylic acids is 1. The maximum Gasteiger partial charge on any atom is 0.433 e. The number of hydrogen-bond acceptors (Lipinski definition) is 5. The Morgan fingerprint density at radius 3 is 2.45 bits per heavy atom. The van der Waals surface area contributed by atoms with Crippen molar-refractivity contribution in [1.29, 1.82) is 0 Å². The lowest BCUT2D eigenvalue weighted by Crippen LogP contribution is -2.36. The van der Waals surface area contributed by atoms with Gasteiger partial charge in [0.2, 0.25) is 0 Å². The minimum Gasteiger partial charge on any atom is -0.393 e. The summed E-state index contributed by atoms with van der Waals surface area (Å²) in [6.07, 6.45) is 2.65. The van der Waals surface area contributed by atoms with Crippen LogP contribution in [-0.2, 0) is 6.18 Å². The summed E-state index contributed by atoms with van der Waals surface area (Å²) in [5.41, 5.74) is 0.601. The average Bonchev–Trinajstić information content (AvgIpc) is 3.31. The van der Waals surface area contributed by atoms with Gasteiger partial charge in [0.15, 0.2) is 0 Å². The van der Waals surface area contributed by atoms with Crippen molar-refractivity contribution in [1.82, 2.24) is 14.8 Å². The molecule has 0 spiro atoms. The Balaban J connectivity index is 1.45. The van der Waals surface area contributed by atoms with Gasteiger partial charge in [0, 0.05) is 24.7 Å². The zero-order chi connectivity index (χ0) is 27.0. The minimum absolute atomic E-state index is 0.308. The molecule has 0 radical (unpaired) electrons. The van der Waals surface area contributed by atoms with Crippen LogP contribution < -0.4 is 10.2 Å². The Kier molecular flexibility index (Phi) is 7.35. The molecule has 1 saturated carbocycles. The first kappa shape index (κ1) is 26.5. The van der Waals surface area contributed by atoms with Gasteiger partial charge < -0.3 is 15.3 Å². The third-order valence-corrected chi connectivity index (χ3v) is 8.02. The number of fused-ring (bicyclic) bond motifs is 1. The number of aliphatic hydroxyl groups is 1. The molecule has 2 aliphatic rings.